The first-order valence-corrected chi connectivity index (χ1v) is 13.5. The second-order valence-corrected chi connectivity index (χ2v) is 10.7. The quantitative estimate of drug-likeness (QED) is 0.225. The largest absolute Gasteiger partial charge is 0.507 e. The van der Waals surface area contributed by atoms with Crippen LogP contribution in [-0.4, -0.2) is 81.2 Å². The molecule has 1 aliphatic carbocycles. The number of phenols is 1. The summed E-state index contributed by atoms with van der Waals surface area (Å²) in [7, 11) is 1.32. The van der Waals surface area contributed by atoms with E-state index < -0.39 is 101 Å². The number of nitrogens with zero attached hydrogens (tertiary/aromatic N) is 2. The van der Waals surface area contributed by atoms with Crippen LogP contribution in [0.5, 0.6) is 5.75 Å². The first kappa shape index (κ1) is 31.7. The minimum absolute atomic E-state index is 0.233. The smallest absolute Gasteiger partial charge is 0.329 e. The summed E-state index contributed by atoms with van der Waals surface area (Å²) in [5.74, 6) is -13.6. The number of amides is 3. The summed E-state index contributed by atoms with van der Waals surface area (Å²) < 4.78 is 62.1. The van der Waals surface area contributed by atoms with Gasteiger partial charge in [0.1, 0.15) is 23.9 Å². The third-order valence-corrected chi connectivity index (χ3v) is 7.71. The predicted molar refractivity (Wildman–Crippen MR) is 139 cm³/mol. The summed E-state index contributed by atoms with van der Waals surface area (Å²) in [6, 6.07) is 0.853. The Bertz CT molecular complexity index is 1440. The average molecular weight is 611 g/mol. The monoisotopic (exact) mass is 610 g/mol. The molecule has 2 aliphatic rings. The van der Waals surface area contributed by atoms with Gasteiger partial charge in [-0.15, -0.1) is 0 Å². The maximum absolute atomic E-state index is 14.6. The van der Waals surface area contributed by atoms with Crippen molar-refractivity contribution in [1.82, 2.24) is 20.5 Å². The number of esters is 1. The molecule has 2 heterocycles. The van der Waals surface area contributed by atoms with Crippen LogP contribution < -0.4 is 10.6 Å². The van der Waals surface area contributed by atoms with Crippen molar-refractivity contribution in [2.24, 2.45) is 11.8 Å². The number of aliphatic hydroxyl groups excluding tert-OH is 1. The maximum Gasteiger partial charge on any atom is 0.329 e. The number of carbonyl (C=O) groups is 4. The topological polar surface area (TPSA) is 158 Å². The summed E-state index contributed by atoms with van der Waals surface area (Å²) in [5, 5.41) is 26.0. The molecule has 4 rings (SSSR count). The molecule has 4 N–H and O–H groups in total. The van der Waals surface area contributed by atoms with Gasteiger partial charge in [0.05, 0.1) is 23.6 Å². The molecule has 1 aromatic carbocycles. The predicted octanol–water partition coefficient (Wildman–Crippen LogP) is 1.35. The molecular formula is C28H30F4N4O7. The number of hydrogen-bond acceptors (Lipinski definition) is 8. The second-order valence-electron chi connectivity index (χ2n) is 10.7. The molecule has 6 atom stereocenters. The van der Waals surface area contributed by atoms with Gasteiger partial charge in [0.15, 0.2) is 5.82 Å². The lowest BCUT2D eigenvalue weighted by molar-refractivity contribution is -0.164. The van der Waals surface area contributed by atoms with Crippen molar-refractivity contribution in [2.45, 2.75) is 63.4 Å². The van der Waals surface area contributed by atoms with Crippen LogP contribution in [0.2, 0.25) is 0 Å². The number of carbonyl (C=O) groups excluding carboxylic acids is 4. The molecule has 1 saturated heterocycles. The Morgan fingerprint density at radius 3 is 2.37 bits per heavy atom. The molecule has 1 unspecified atom stereocenters. The second kappa shape index (κ2) is 12.5. The minimum Gasteiger partial charge on any atom is -0.507 e. The summed E-state index contributed by atoms with van der Waals surface area (Å²) in [6.07, 6.45) is -3.11. The number of aromatic hydroxyl groups is 1. The summed E-state index contributed by atoms with van der Waals surface area (Å²) in [6.45, 7) is 2.53. The van der Waals surface area contributed by atoms with Crippen LogP contribution in [0.1, 0.15) is 42.6 Å². The van der Waals surface area contributed by atoms with Crippen LogP contribution in [0, 0.1) is 35.4 Å². The lowest BCUT2D eigenvalue weighted by atomic mass is 9.90. The van der Waals surface area contributed by atoms with E-state index in [9.17, 15) is 47.0 Å². The van der Waals surface area contributed by atoms with Gasteiger partial charge in [0.2, 0.25) is 23.6 Å². The number of pyridine rings is 1. The van der Waals surface area contributed by atoms with Crippen LogP contribution in [0.4, 0.5) is 17.6 Å². The Balaban J connectivity index is 1.76. The first-order valence-electron chi connectivity index (χ1n) is 13.5. The van der Waals surface area contributed by atoms with Gasteiger partial charge in [-0.1, -0.05) is 19.1 Å². The lowest BCUT2D eigenvalue weighted by Crippen LogP contribution is -2.61. The Morgan fingerprint density at radius 2 is 1.74 bits per heavy atom. The number of halogens is 4. The molecular weight excluding hydrogens is 580 g/mol. The molecule has 43 heavy (non-hydrogen) atoms. The van der Waals surface area contributed by atoms with Crippen LogP contribution in [0.3, 0.4) is 0 Å². The van der Waals surface area contributed by atoms with E-state index in [0.29, 0.717) is 12.8 Å². The Hall–Kier alpha value is -4.27. The number of aromatic nitrogens is 1. The van der Waals surface area contributed by atoms with Crippen LogP contribution in [0.25, 0.3) is 0 Å². The van der Waals surface area contributed by atoms with Gasteiger partial charge in [0.25, 0.3) is 11.9 Å². The van der Waals surface area contributed by atoms with Crippen molar-refractivity contribution in [3.8, 4) is 5.75 Å². The van der Waals surface area contributed by atoms with Gasteiger partial charge in [-0.2, -0.15) is 18.2 Å². The van der Waals surface area contributed by atoms with Gasteiger partial charge < -0.3 is 30.5 Å². The van der Waals surface area contributed by atoms with E-state index in [1.54, 1.807) is 0 Å². The van der Waals surface area contributed by atoms with Crippen molar-refractivity contribution in [3.05, 3.63) is 58.9 Å². The zero-order chi connectivity index (χ0) is 31.7. The highest BCUT2D eigenvalue weighted by Gasteiger charge is 2.46. The number of aliphatic hydroxyl groups is 1. The van der Waals surface area contributed by atoms with Gasteiger partial charge >= 0.3 is 5.97 Å². The number of phenolic OH excluding ortho intramolecular Hbond substituents is 1. The standard InChI is InChI=1S/C28H30F4N4O7/c1-11-22(38)16(10-15-18(29)19(30)24(32)35-23(15)31)33-26(40)20(34-25(39)14-6-4-5-7-17(14)37)12(2)43-28(42)21(13-8-9-13)36(3)27(11)41/h4-7,11-13,16,20-22,37-38H,8-10H2,1-3H3,(H,33,40)(H,34,39)/t11-,12-,16+,20+,21?,22+/m1/s1. The summed E-state index contributed by atoms with van der Waals surface area (Å²) in [5.41, 5.74) is -1.35. The van der Waals surface area contributed by atoms with Crippen molar-refractivity contribution >= 4 is 23.7 Å². The fourth-order valence-electron chi connectivity index (χ4n) is 5.07. The fourth-order valence-corrected chi connectivity index (χ4v) is 5.07. The van der Waals surface area contributed by atoms with Crippen molar-refractivity contribution in [1.29, 1.82) is 0 Å². The zero-order valence-corrected chi connectivity index (χ0v) is 23.3. The Morgan fingerprint density at radius 1 is 1.09 bits per heavy atom. The van der Waals surface area contributed by atoms with Crippen LogP contribution >= 0.6 is 0 Å². The Labute approximate surface area is 243 Å². The maximum atomic E-state index is 14.6. The molecule has 0 radical (unpaired) electrons. The molecule has 1 aromatic heterocycles. The highest BCUT2D eigenvalue weighted by Crippen LogP contribution is 2.37. The number of hydrogen-bond donors (Lipinski definition) is 4. The average Bonchev–Trinajstić information content (AvgIpc) is 3.79. The number of likely N-dealkylation sites (N-methyl/N-ethyl adjacent to an activating group) is 1. The molecule has 15 heteroatoms. The first-order chi connectivity index (χ1) is 20.2. The number of nitrogens with one attached hydrogen (secondary N) is 2. The van der Waals surface area contributed by atoms with Gasteiger partial charge in [0, 0.05) is 19.0 Å². The molecule has 1 aliphatic heterocycles. The van der Waals surface area contributed by atoms with E-state index in [0.717, 1.165) is 4.90 Å². The van der Waals surface area contributed by atoms with Crippen molar-refractivity contribution in [2.75, 3.05) is 7.05 Å². The molecule has 1 saturated carbocycles. The number of cyclic esters (lactones) is 1. The normalized spacial score (nSPS) is 27.1. The minimum atomic E-state index is -2.09. The molecule has 2 aromatic rings. The lowest BCUT2D eigenvalue weighted by Gasteiger charge is -2.36. The van der Waals surface area contributed by atoms with E-state index in [1.807, 2.05) is 0 Å². The van der Waals surface area contributed by atoms with Crippen molar-refractivity contribution < 1.29 is 51.7 Å². The summed E-state index contributed by atoms with van der Waals surface area (Å²) >= 11 is 0. The molecule has 0 spiro atoms. The van der Waals surface area contributed by atoms with E-state index in [2.05, 4.69) is 15.6 Å². The van der Waals surface area contributed by atoms with Crippen molar-refractivity contribution in [3.63, 3.8) is 0 Å². The highest BCUT2D eigenvalue weighted by atomic mass is 19.2. The fraction of sp³-hybridized carbons (Fsp3) is 0.464. The number of benzene rings is 1. The van der Waals surface area contributed by atoms with Crippen LogP contribution in [-0.2, 0) is 25.5 Å². The van der Waals surface area contributed by atoms with E-state index in [-0.39, 0.29) is 11.5 Å². The van der Waals surface area contributed by atoms with Gasteiger partial charge in [-0.25, -0.2) is 9.18 Å². The van der Waals surface area contributed by atoms with E-state index >= 15 is 0 Å². The van der Waals surface area contributed by atoms with E-state index in [1.165, 1.54) is 45.2 Å². The van der Waals surface area contributed by atoms with Gasteiger partial charge in [-0.3, -0.25) is 14.4 Å². The summed E-state index contributed by atoms with van der Waals surface area (Å²) in [4.78, 5) is 57.0. The zero-order valence-electron chi connectivity index (χ0n) is 23.3. The van der Waals surface area contributed by atoms with E-state index in [4.69, 9.17) is 4.74 Å². The highest BCUT2D eigenvalue weighted by molar-refractivity contribution is 6.00. The SMILES string of the molecule is C[C@H]1OC(=O)C(C2CC2)N(C)C(=O)[C@H](C)[C@H](O)[C@H](Cc2c(F)nc(F)c(F)c2F)NC(=O)[C@H]1NC(=O)c1ccccc1O. The Kier molecular flexibility index (Phi) is 9.23. The molecule has 2 fully saturated rings. The molecule has 0 bridgehead atoms. The number of ether oxygens (including phenoxy) is 1. The molecule has 232 valence electrons. The van der Waals surface area contributed by atoms with Crippen LogP contribution in [0.15, 0.2) is 24.3 Å². The molecule has 3 amide bonds. The third kappa shape index (κ3) is 6.55. The third-order valence-electron chi connectivity index (χ3n) is 7.71. The van der Waals surface area contributed by atoms with Gasteiger partial charge in [-0.05, 0) is 37.8 Å². The number of rotatable bonds is 5. The molecule has 11 nitrogen and oxygen atoms in total. The number of para-hydroxylation sites is 1.